The van der Waals surface area contributed by atoms with Crippen LogP contribution in [0.25, 0.3) is 0 Å². The van der Waals surface area contributed by atoms with Crippen molar-refractivity contribution in [3.05, 3.63) is 62.9 Å². The lowest BCUT2D eigenvalue weighted by atomic mass is 9.58. The van der Waals surface area contributed by atoms with Crippen molar-refractivity contribution in [2.24, 2.45) is 5.41 Å². The zero-order chi connectivity index (χ0) is 27.0. The summed E-state index contributed by atoms with van der Waals surface area (Å²) in [7, 11) is 0. The molecule has 2 saturated heterocycles. The first-order valence-corrected chi connectivity index (χ1v) is 14.1. The number of fused-ring (bicyclic) bond motifs is 4. The van der Waals surface area contributed by atoms with Crippen LogP contribution in [0, 0.1) is 10.6 Å². The molecule has 7 rings (SSSR count). The lowest BCUT2D eigenvalue weighted by Crippen LogP contribution is -2.50. The predicted molar refractivity (Wildman–Crippen MR) is 132 cm³/mol. The molecule has 10 heteroatoms. The molecule has 0 amide bonds. The van der Waals surface area contributed by atoms with Gasteiger partial charge in [0, 0.05) is 63.4 Å². The van der Waals surface area contributed by atoms with Crippen molar-refractivity contribution >= 4 is 0 Å². The zero-order valence-corrected chi connectivity index (χ0v) is 21.8. The van der Waals surface area contributed by atoms with E-state index in [0.717, 1.165) is 41.8 Å². The third-order valence-electron chi connectivity index (χ3n) is 9.86. The molecule has 5 aliphatic rings. The molecule has 2 spiro atoms. The zero-order valence-electron chi connectivity index (χ0n) is 21.8. The van der Waals surface area contributed by atoms with Crippen LogP contribution in [0.3, 0.4) is 0 Å². The van der Waals surface area contributed by atoms with Crippen molar-refractivity contribution in [2.45, 2.75) is 87.7 Å². The second-order valence-corrected chi connectivity index (χ2v) is 12.0. The van der Waals surface area contributed by atoms with Gasteiger partial charge in [0.2, 0.25) is 5.69 Å². The van der Waals surface area contributed by atoms with E-state index in [0.29, 0.717) is 93.2 Å². The average molecular weight is 547 g/mol. The highest BCUT2D eigenvalue weighted by molar-refractivity contribution is 5.52. The molecule has 7 nitrogen and oxygen atoms in total. The Morgan fingerprint density at radius 2 is 1.72 bits per heavy atom. The quantitative estimate of drug-likeness (QED) is 0.426. The largest absolute Gasteiger partial charge is 0.618 e. The van der Waals surface area contributed by atoms with Gasteiger partial charge in [0.25, 0.3) is 0 Å². The van der Waals surface area contributed by atoms with Gasteiger partial charge in [0.15, 0.2) is 5.69 Å². The summed E-state index contributed by atoms with van der Waals surface area (Å²) < 4.78 is 59.2. The van der Waals surface area contributed by atoms with Crippen LogP contribution in [0.5, 0.6) is 0 Å². The van der Waals surface area contributed by atoms with Crippen molar-refractivity contribution in [1.29, 1.82) is 0 Å². The molecular formula is C29H33F3N2O5. The van der Waals surface area contributed by atoms with Crippen LogP contribution in [0.1, 0.15) is 109 Å². The minimum atomic E-state index is -4.51. The van der Waals surface area contributed by atoms with Gasteiger partial charge in [-0.1, -0.05) is 6.42 Å². The molecule has 3 aliphatic heterocycles. The van der Waals surface area contributed by atoms with Gasteiger partial charge in [-0.05, 0) is 49.7 Å². The second-order valence-electron chi connectivity index (χ2n) is 12.0. The van der Waals surface area contributed by atoms with E-state index < -0.39 is 29.5 Å². The summed E-state index contributed by atoms with van der Waals surface area (Å²) in [6, 6.07) is 2.38. The minimum absolute atomic E-state index is 0.0452. The molecule has 0 bridgehead atoms. The Bertz CT molecular complexity index is 1270. The minimum Gasteiger partial charge on any atom is -0.618 e. The van der Waals surface area contributed by atoms with Gasteiger partial charge in [-0.3, -0.25) is 4.98 Å². The number of aromatic nitrogens is 2. The monoisotopic (exact) mass is 546 g/mol. The molecule has 2 aliphatic carbocycles. The highest BCUT2D eigenvalue weighted by Crippen LogP contribution is 2.60. The Labute approximate surface area is 224 Å². The van der Waals surface area contributed by atoms with Crippen molar-refractivity contribution in [1.82, 2.24) is 4.98 Å². The maximum absolute atomic E-state index is 14.4. The Morgan fingerprint density at radius 1 is 1.00 bits per heavy atom. The normalized spacial score (nSPS) is 27.8. The van der Waals surface area contributed by atoms with Gasteiger partial charge in [-0.15, -0.1) is 0 Å². The fraction of sp³-hybridized carbons (Fsp3) is 0.655. The molecule has 1 N–H and O–H groups in total. The number of ether oxygens (including phenoxy) is 3. The molecule has 2 atom stereocenters. The van der Waals surface area contributed by atoms with E-state index in [1.165, 1.54) is 6.07 Å². The van der Waals surface area contributed by atoms with Crippen LogP contribution < -0.4 is 4.73 Å². The third-order valence-corrected chi connectivity index (χ3v) is 9.86. The Kier molecular flexibility index (Phi) is 6.01. The molecule has 3 fully saturated rings. The summed E-state index contributed by atoms with van der Waals surface area (Å²) in [4.78, 5) is 4.22. The number of alkyl halides is 3. The maximum atomic E-state index is 14.4. The molecular weight excluding hydrogens is 513 g/mol. The van der Waals surface area contributed by atoms with Crippen LogP contribution in [-0.4, -0.2) is 36.5 Å². The van der Waals surface area contributed by atoms with E-state index in [-0.39, 0.29) is 11.3 Å². The van der Waals surface area contributed by atoms with Crippen molar-refractivity contribution in [3.63, 3.8) is 0 Å². The van der Waals surface area contributed by atoms with Crippen LogP contribution in [-0.2, 0) is 32.4 Å². The van der Waals surface area contributed by atoms with Crippen LogP contribution in [0.2, 0.25) is 0 Å². The first kappa shape index (κ1) is 25.7. The number of hydrogen-bond acceptors (Lipinski definition) is 6. The van der Waals surface area contributed by atoms with Crippen molar-refractivity contribution < 1.29 is 37.2 Å². The Hall–Kier alpha value is -2.27. The lowest BCUT2D eigenvalue weighted by molar-refractivity contribution is -0.627. The van der Waals surface area contributed by atoms with Crippen LogP contribution in [0.15, 0.2) is 18.3 Å². The molecule has 2 aromatic rings. The summed E-state index contributed by atoms with van der Waals surface area (Å²) in [5.41, 5.74) is 2.14. The molecule has 0 aromatic carbocycles. The number of halogens is 3. The highest BCUT2D eigenvalue weighted by Gasteiger charge is 2.57. The number of pyridine rings is 2. The molecule has 5 heterocycles. The predicted octanol–water partition coefficient (Wildman–Crippen LogP) is 4.90. The smallest absolute Gasteiger partial charge is 0.417 e. The van der Waals surface area contributed by atoms with E-state index in [1.54, 1.807) is 0 Å². The number of aliphatic hydroxyl groups is 1. The summed E-state index contributed by atoms with van der Waals surface area (Å²) in [6.07, 6.45) is 1.48. The fourth-order valence-electron chi connectivity index (χ4n) is 7.77. The Morgan fingerprint density at radius 3 is 2.33 bits per heavy atom. The maximum Gasteiger partial charge on any atom is 0.417 e. The van der Waals surface area contributed by atoms with Crippen LogP contribution >= 0.6 is 0 Å². The van der Waals surface area contributed by atoms with Gasteiger partial charge >= 0.3 is 6.18 Å². The lowest BCUT2D eigenvalue weighted by Gasteiger charge is -2.47. The van der Waals surface area contributed by atoms with Gasteiger partial charge in [0.1, 0.15) is 11.7 Å². The van der Waals surface area contributed by atoms with Gasteiger partial charge < -0.3 is 24.5 Å². The van der Waals surface area contributed by atoms with Crippen molar-refractivity contribution in [2.75, 3.05) is 26.4 Å². The highest BCUT2D eigenvalue weighted by atomic mass is 19.4. The SMILES string of the molecule is [O-][n+]1c2c(c3c(c1C1CCOCC1)[C@@H](c1ccc(C(F)(F)F)cn1)OC31CCOCC1)C(O)CC1(CCC1)C2. The van der Waals surface area contributed by atoms with E-state index in [2.05, 4.69) is 4.98 Å². The summed E-state index contributed by atoms with van der Waals surface area (Å²) >= 11 is 0. The van der Waals surface area contributed by atoms with Crippen molar-refractivity contribution in [3.8, 4) is 0 Å². The van der Waals surface area contributed by atoms with Gasteiger partial charge in [-0.2, -0.15) is 17.9 Å². The van der Waals surface area contributed by atoms with Crippen LogP contribution in [0.4, 0.5) is 13.2 Å². The molecule has 210 valence electrons. The number of rotatable bonds is 2. The number of nitrogens with zero attached hydrogens (tertiary/aromatic N) is 2. The topological polar surface area (TPSA) is 87.8 Å². The molecule has 39 heavy (non-hydrogen) atoms. The summed E-state index contributed by atoms with van der Waals surface area (Å²) in [5, 5.41) is 26.0. The average Bonchev–Trinajstić information content (AvgIpc) is 3.22. The fourth-order valence-corrected chi connectivity index (χ4v) is 7.77. The molecule has 0 radical (unpaired) electrons. The van der Waals surface area contributed by atoms with E-state index >= 15 is 0 Å². The van der Waals surface area contributed by atoms with E-state index in [1.807, 2.05) is 0 Å². The Balaban J connectivity index is 1.47. The van der Waals surface area contributed by atoms with Gasteiger partial charge in [-0.25, -0.2) is 0 Å². The van der Waals surface area contributed by atoms with Gasteiger partial charge in [0.05, 0.1) is 28.5 Å². The molecule has 1 saturated carbocycles. The standard InChI is InChI=1S/C29H33F3N2O5/c30-29(31,32)18-2-3-19(33-16-18)26-23-24(28(39-26)8-12-38-13-9-28)22-20(14-27(6-1-7-27)15-21(22)35)34(36)25(23)17-4-10-37-11-5-17/h2-3,16-17,21,26,35H,1,4-15H2/t21?,26-/m1/s1. The summed E-state index contributed by atoms with van der Waals surface area (Å²) in [5.74, 6) is -0.0813. The summed E-state index contributed by atoms with van der Waals surface area (Å²) in [6.45, 7) is 1.98. The molecule has 1 unspecified atom stereocenters. The van der Waals surface area contributed by atoms with E-state index in [9.17, 15) is 23.5 Å². The number of aliphatic hydroxyl groups excluding tert-OH is 1. The first-order valence-electron chi connectivity index (χ1n) is 14.1. The number of hydrogen-bond donors (Lipinski definition) is 1. The third kappa shape index (κ3) is 4.01. The van der Waals surface area contributed by atoms with E-state index in [4.69, 9.17) is 14.2 Å². The first-order chi connectivity index (χ1) is 18.7. The molecule has 2 aromatic heterocycles. The second kappa shape index (κ2) is 9.12.